The Kier molecular flexibility index (Phi) is 6.36. The lowest BCUT2D eigenvalue weighted by atomic mass is 10.3. The molecule has 3 N–H and O–H groups in total. The van der Waals surface area contributed by atoms with Crippen molar-refractivity contribution >= 4 is 56.4 Å². The fraction of sp³-hybridized carbons (Fsp3) is 0.263. The number of halogens is 2. The summed E-state index contributed by atoms with van der Waals surface area (Å²) in [5.41, 5.74) is 0.734. The molecule has 1 aliphatic rings. The lowest BCUT2D eigenvalue weighted by Crippen LogP contribution is -2.34. The van der Waals surface area contributed by atoms with Gasteiger partial charge in [0.2, 0.25) is 11.8 Å². The van der Waals surface area contributed by atoms with Gasteiger partial charge < -0.3 is 10.6 Å². The standard InChI is InChI=1S/C19H19Cl2N3O4S/c1-11-9-14(11)19(26)22-10-17(25)23-12-5-7-13(8-6-12)24-29(27,28)18-15(20)3-2-4-16(18)21/h2-8,11,14,24H,9-10H2,1H3,(H,22,26)(H,23,25)/t11-,14-/m1/s1. The Morgan fingerprint density at radius 3 is 2.14 bits per heavy atom. The fourth-order valence-corrected chi connectivity index (χ4v) is 4.96. The number of amides is 2. The molecule has 1 aliphatic carbocycles. The Bertz CT molecular complexity index is 1020. The topological polar surface area (TPSA) is 104 Å². The zero-order valence-corrected chi connectivity index (χ0v) is 17.7. The van der Waals surface area contributed by atoms with Crippen molar-refractivity contribution in [3.8, 4) is 0 Å². The molecule has 0 bridgehead atoms. The van der Waals surface area contributed by atoms with Crippen molar-refractivity contribution in [3.63, 3.8) is 0 Å². The van der Waals surface area contributed by atoms with Gasteiger partial charge in [-0.1, -0.05) is 36.2 Å². The number of sulfonamides is 1. The quantitative estimate of drug-likeness (QED) is 0.593. The minimum absolute atomic E-state index is 0.00160. The average molecular weight is 456 g/mol. The van der Waals surface area contributed by atoms with E-state index < -0.39 is 10.0 Å². The van der Waals surface area contributed by atoms with Crippen molar-refractivity contribution in [2.75, 3.05) is 16.6 Å². The molecule has 0 aliphatic heterocycles. The van der Waals surface area contributed by atoms with E-state index in [4.69, 9.17) is 23.2 Å². The first-order valence-corrected chi connectivity index (χ1v) is 11.1. The molecule has 0 radical (unpaired) electrons. The van der Waals surface area contributed by atoms with Gasteiger partial charge in [-0.3, -0.25) is 14.3 Å². The van der Waals surface area contributed by atoms with Crippen molar-refractivity contribution in [2.45, 2.75) is 18.2 Å². The molecule has 0 aromatic heterocycles. The molecule has 29 heavy (non-hydrogen) atoms. The van der Waals surface area contributed by atoms with Crippen molar-refractivity contribution in [3.05, 3.63) is 52.5 Å². The van der Waals surface area contributed by atoms with Crippen molar-refractivity contribution in [2.24, 2.45) is 11.8 Å². The maximum absolute atomic E-state index is 12.5. The fourth-order valence-electron chi connectivity index (χ4n) is 2.76. The first-order chi connectivity index (χ1) is 13.7. The zero-order valence-electron chi connectivity index (χ0n) is 15.4. The van der Waals surface area contributed by atoms with Gasteiger partial charge in [0.05, 0.1) is 16.6 Å². The van der Waals surface area contributed by atoms with Crippen LogP contribution in [0, 0.1) is 11.8 Å². The lowest BCUT2D eigenvalue weighted by Gasteiger charge is -2.12. The Balaban J connectivity index is 1.58. The van der Waals surface area contributed by atoms with E-state index >= 15 is 0 Å². The molecule has 0 unspecified atom stereocenters. The number of rotatable bonds is 7. The highest BCUT2D eigenvalue weighted by Gasteiger charge is 2.38. The molecule has 1 fully saturated rings. The van der Waals surface area contributed by atoms with Gasteiger partial charge in [-0.05, 0) is 48.7 Å². The van der Waals surface area contributed by atoms with Crippen molar-refractivity contribution < 1.29 is 18.0 Å². The molecular formula is C19H19Cl2N3O4S. The largest absolute Gasteiger partial charge is 0.347 e. The summed E-state index contributed by atoms with van der Waals surface area (Å²) >= 11 is 11.9. The number of carbonyl (C=O) groups excluding carboxylic acids is 2. The molecule has 2 amide bonds. The Labute approximate surface area is 178 Å². The van der Waals surface area contributed by atoms with E-state index in [1.165, 1.54) is 36.4 Å². The van der Waals surface area contributed by atoms with Gasteiger partial charge in [-0.25, -0.2) is 8.42 Å². The molecule has 2 aromatic carbocycles. The third-order valence-electron chi connectivity index (χ3n) is 4.48. The lowest BCUT2D eigenvalue weighted by molar-refractivity contribution is -0.125. The van der Waals surface area contributed by atoms with Gasteiger partial charge in [-0.2, -0.15) is 0 Å². The van der Waals surface area contributed by atoms with E-state index in [2.05, 4.69) is 15.4 Å². The summed E-state index contributed by atoms with van der Waals surface area (Å²) in [7, 11) is -3.98. The molecule has 0 spiro atoms. The number of anilines is 2. The highest BCUT2D eigenvalue weighted by molar-refractivity contribution is 7.93. The number of carbonyl (C=O) groups is 2. The number of hydrogen-bond acceptors (Lipinski definition) is 4. The van der Waals surface area contributed by atoms with Crippen LogP contribution < -0.4 is 15.4 Å². The monoisotopic (exact) mass is 455 g/mol. The molecule has 1 saturated carbocycles. The van der Waals surface area contributed by atoms with Crippen LogP contribution in [0.3, 0.4) is 0 Å². The minimum Gasteiger partial charge on any atom is -0.347 e. The minimum atomic E-state index is -3.98. The summed E-state index contributed by atoms with van der Waals surface area (Å²) in [6, 6.07) is 10.5. The molecule has 2 aromatic rings. The molecule has 0 saturated heterocycles. The first kappa shape index (κ1) is 21.4. The Morgan fingerprint density at radius 1 is 1.03 bits per heavy atom. The maximum atomic E-state index is 12.5. The van der Waals surface area contributed by atoms with Gasteiger partial charge in [0, 0.05) is 17.3 Å². The molecule has 2 atom stereocenters. The third kappa shape index (κ3) is 5.41. The van der Waals surface area contributed by atoms with Crippen LogP contribution in [0.2, 0.25) is 10.0 Å². The van der Waals surface area contributed by atoms with E-state index in [1.54, 1.807) is 6.07 Å². The van der Waals surface area contributed by atoms with Crippen LogP contribution >= 0.6 is 23.2 Å². The Hall–Kier alpha value is -2.29. The van der Waals surface area contributed by atoms with Crippen molar-refractivity contribution in [1.29, 1.82) is 0 Å². The first-order valence-electron chi connectivity index (χ1n) is 8.82. The molecule has 0 heterocycles. The van der Waals surface area contributed by atoms with Crippen LogP contribution in [0.4, 0.5) is 11.4 Å². The van der Waals surface area contributed by atoms with Crippen LogP contribution in [-0.4, -0.2) is 26.8 Å². The summed E-state index contributed by atoms with van der Waals surface area (Å²) in [4.78, 5) is 23.5. The highest BCUT2D eigenvalue weighted by Crippen LogP contribution is 2.37. The number of nitrogens with one attached hydrogen (secondary N) is 3. The normalized spacial score (nSPS) is 18.0. The van der Waals surface area contributed by atoms with Crippen LogP contribution in [-0.2, 0) is 19.6 Å². The molecule has 3 rings (SSSR count). The summed E-state index contributed by atoms with van der Waals surface area (Å²) in [5, 5.41) is 5.25. The highest BCUT2D eigenvalue weighted by atomic mass is 35.5. The van der Waals surface area contributed by atoms with Crippen LogP contribution in [0.15, 0.2) is 47.4 Å². The molecule has 10 heteroatoms. The van der Waals surface area contributed by atoms with E-state index in [0.29, 0.717) is 11.6 Å². The second-order valence-corrected chi connectivity index (χ2v) is 9.25. The van der Waals surface area contributed by atoms with E-state index in [-0.39, 0.29) is 44.9 Å². The predicted octanol–water partition coefficient (Wildman–Crippen LogP) is 3.50. The maximum Gasteiger partial charge on any atom is 0.264 e. The second-order valence-electron chi connectivity index (χ2n) is 6.82. The summed E-state index contributed by atoms with van der Waals surface area (Å²) in [6.45, 7) is 1.86. The van der Waals surface area contributed by atoms with Crippen molar-refractivity contribution in [1.82, 2.24) is 5.32 Å². The molecule has 154 valence electrons. The Morgan fingerprint density at radius 2 is 1.59 bits per heavy atom. The summed E-state index contributed by atoms with van der Waals surface area (Å²) in [6.07, 6.45) is 0.851. The van der Waals surface area contributed by atoms with Gasteiger partial charge in [0.1, 0.15) is 4.90 Å². The van der Waals surface area contributed by atoms with Gasteiger partial charge in [0.15, 0.2) is 0 Å². The van der Waals surface area contributed by atoms with E-state index in [9.17, 15) is 18.0 Å². The molecular weight excluding hydrogens is 437 g/mol. The predicted molar refractivity (Wildman–Crippen MR) is 113 cm³/mol. The average Bonchev–Trinajstić information content (AvgIpc) is 3.37. The van der Waals surface area contributed by atoms with Gasteiger partial charge >= 0.3 is 0 Å². The van der Waals surface area contributed by atoms with Gasteiger partial charge in [-0.15, -0.1) is 0 Å². The number of benzene rings is 2. The SMILES string of the molecule is C[C@@H]1C[C@H]1C(=O)NCC(=O)Nc1ccc(NS(=O)(=O)c2c(Cl)cccc2Cl)cc1. The van der Waals surface area contributed by atoms with E-state index in [0.717, 1.165) is 6.42 Å². The van der Waals surface area contributed by atoms with Crippen LogP contribution in [0.5, 0.6) is 0 Å². The molecule has 7 nitrogen and oxygen atoms in total. The second kappa shape index (κ2) is 8.61. The van der Waals surface area contributed by atoms with Crippen LogP contribution in [0.25, 0.3) is 0 Å². The van der Waals surface area contributed by atoms with Gasteiger partial charge in [0.25, 0.3) is 10.0 Å². The smallest absolute Gasteiger partial charge is 0.264 e. The van der Waals surface area contributed by atoms with E-state index in [1.807, 2.05) is 6.92 Å². The summed E-state index contributed by atoms with van der Waals surface area (Å²) in [5.74, 6) is -0.116. The van der Waals surface area contributed by atoms with Crippen LogP contribution in [0.1, 0.15) is 13.3 Å². The zero-order chi connectivity index (χ0) is 21.2. The number of hydrogen-bond donors (Lipinski definition) is 3. The summed E-state index contributed by atoms with van der Waals surface area (Å²) < 4.78 is 27.5. The third-order valence-corrected chi connectivity index (χ3v) is 6.81.